The van der Waals surface area contributed by atoms with Crippen LogP contribution in [-0.4, -0.2) is 10.9 Å². The summed E-state index contributed by atoms with van der Waals surface area (Å²) in [5.74, 6) is -0.216. The van der Waals surface area contributed by atoms with E-state index in [0.717, 1.165) is 9.35 Å². The maximum absolute atomic E-state index is 11.8. The number of benzene rings is 1. The minimum absolute atomic E-state index is 0.00553. The Morgan fingerprint density at radius 2 is 2.18 bits per heavy atom. The zero-order chi connectivity index (χ0) is 12.3. The summed E-state index contributed by atoms with van der Waals surface area (Å²) in [7, 11) is 0. The van der Waals surface area contributed by atoms with Crippen LogP contribution in [0.4, 0.5) is 0 Å². The highest BCUT2D eigenvalue weighted by Crippen LogP contribution is 2.23. The molecule has 1 aromatic heterocycles. The molecule has 0 amide bonds. The van der Waals surface area contributed by atoms with Gasteiger partial charge in [-0.15, -0.1) is 11.3 Å². The van der Waals surface area contributed by atoms with Gasteiger partial charge in [0.2, 0.25) is 0 Å². The number of halogens is 1. The fraction of sp³-hybridized carbons (Fsp3) is 0. The van der Waals surface area contributed by atoms with Gasteiger partial charge in [-0.25, -0.2) is 0 Å². The molecule has 0 spiro atoms. The number of rotatable bonds is 3. The van der Waals surface area contributed by atoms with E-state index >= 15 is 0 Å². The molecule has 2 rings (SSSR count). The lowest BCUT2D eigenvalue weighted by Crippen LogP contribution is -1.94. The van der Waals surface area contributed by atoms with Crippen molar-refractivity contribution in [2.24, 2.45) is 0 Å². The molecule has 0 unspecified atom stereocenters. The minimum Gasteiger partial charge on any atom is -0.507 e. The predicted molar refractivity (Wildman–Crippen MR) is 73.5 cm³/mol. The summed E-state index contributed by atoms with van der Waals surface area (Å²) >= 11 is 4.83. The summed E-state index contributed by atoms with van der Waals surface area (Å²) in [4.78, 5) is 12.9. The molecular formula is C13H9BrO2S. The van der Waals surface area contributed by atoms with E-state index in [1.807, 2.05) is 17.5 Å². The van der Waals surface area contributed by atoms with Crippen LogP contribution in [0.3, 0.4) is 0 Å². The second-order valence-corrected chi connectivity index (χ2v) is 5.27. The molecule has 0 aliphatic heterocycles. The van der Waals surface area contributed by atoms with Crippen LogP contribution in [0.5, 0.6) is 5.75 Å². The largest absolute Gasteiger partial charge is 0.507 e. The normalized spacial score (nSPS) is 10.9. The van der Waals surface area contributed by atoms with Crippen LogP contribution >= 0.6 is 27.3 Å². The summed E-state index contributed by atoms with van der Waals surface area (Å²) < 4.78 is 0.767. The van der Waals surface area contributed by atoms with Crippen molar-refractivity contribution in [1.29, 1.82) is 0 Å². The van der Waals surface area contributed by atoms with Crippen LogP contribution in [0.25, 0.3) is 6.08 Å². The third-order valence-electron chi connectivity index (χ3n) is 2.17. The topological polar surface area (TPSA) is 37.3 Å². The first-order chi connectivity index (χ1) is 8.16. The van der Waals surface area contributed by atoms with Gasteiger partial charge in [-0.1, -0.05) is 22.0 Å². The van der Waals surface area contributed by atoms with Crippen molar-refractivity contribution in [1.82, 2.24) is 0 Å². The Bertz CT molecular complexity index is 559. The average molecular weight is 309 g/mol. The zero-order valence-corrected chi connectivity index (χ0v) is 11.2. The van der Waals surface area contributed by atoms with Gasteiger partial charge in [-0.05, 0) is 41.8 Å². The molecule has 4 heteroatoms. The van der Waals surface area contributed by atoms with E-state index in [0.29, 0.717) is 5.56 Å². The lowest BCUT2D eigenvalue weighted by atomic mass is 10.1. The van der Waals surface area contributed by atoms with Crippen LogP contribution in [0.1, 0.15) is 15.2 Å². The van der Waals surface area contributed by atoms with Crippen molar-refractivity contribution in [3.05, 3.63) is 56.7 Å². The second-order valence-electron chi connectivity index (χ2n) is 3.37. The Kier molecular flexibility index (Phi) is 3.76. The molecule has 0 saturated heterocycles. The number of carbonyl (C=O) groups is 1. The molecule has 0 aliphatic carbocycles. The van der Waals surface area contributed by atoms with Crippen LogP contribution < -0.4 is 0 Å². The third kappa shape index (κ3) is 3.05. The van der Waals surface area contributed by atoms with Gasteiger partial charge in [0, 0.05) is 9.35 Å². The number of hydrogen-bond acceptors (Lipinski definition) is 3. The zero-order valence-electron chi connectivity index (χ0n) is 8.76. The van der Waals surface area contributed by atoms with Crippen molar-refractivity contribution < 1.29 is 9.90 Å². The second kappa shape index (κ2) is 5.29. The van der Waals surface area contributed by atoms with Gasteiger partial charge >= 0.3 is 0 Å². The van der Waals surface area contributed by atoms with Crippen molar-refractivity contribution in [2.45, 2.75) is 0 Å². The number of ketones is 1. The van der Waals surface area contributed by atoms with Crippen molar-refractivity contribution in [3.63, 3.8) is 0 Å². The molecule has 0 bridgehead atoms. The van der Waals surface area contributed by atoms with Gasteiger partial charge < -0.3 is 5.11 Å². The molecule has 0 aliphatic rings. The van der Waals surface area contributed by atoms with Crippen LogP contribution in [-0.2, 0) is 0 Å². The average Bonchev–Trinajstić information content (AvgIpc) is 2.82. The number of phenolic OH excluding ortho intramolecular Hbond substituents is 1. The highest BCUT2D eigenvalue weighted by Gasteiger charge is 2.08. The first-order valence-corrected chi connectivity index (χ1v) is 6.58. The summed E-state index contributed by atoms with van der Waals surface area (Å²) in [6.07, 6.45) is 3.21. The maximum Gasteiger partial charge on any atom is 0.189 e. The highest BCUT2D eigenvalue weighted by molar-refractivity contribution is 9.10. The summed E-state index contributed by atoms with van der Waals surface area (Å²) in [6.45, 7) is 0. The third-order valence-corrected chi connectivity index (χ3v) is 3.50. The molecule has 2 nitrogen and oxygen atoms in total. The van der Waals surface area contributed by atoms with E-state index in [9.17, 15) is 9.90 Å². The highest BCUT2D eigenvalue weighted by atomic mass is 79.9. The van der Waals surface area contributed by atoms with Crippen LogP contribution in [0.15, 0.2) is 46.3 Å². The number of allylic oxidation sites excluding steroid dienone is 1. The molecule has 1 N–H and O–H groups in total. The Morgan fingerprint density at radius 1 is 1.35 bits per heavy atom. The number of thiophene rings is 1. The number of aromatic hydroxyl groups is 1. The van der Waals surface area contributed by atoms with Gasteiger partial charge in [-0.2, -0.15) is 0 Å². The molecular weight excluding hydrogens is 300 g/mol. The first-order valence-electron chi connectivity index (χ1n) is 4.91. The standard InChI is InChI=1S/C13H9BrO2S/c14-9-3-5-12(15)11(8-9)13(16)6-4-10-2-1-7-17-10/h1-8,15H/b6-4+. The van der Waals surface area contributed by atoms with Gasteiger partial charge in [0.05, 0.1) is 5.56 Å². The van der Waals surface area contributed by atoms with E-state index in [1.165, 1.54) is 12.1 Å². The molecule has 0 fully saturated rings. The summed E-state index contributed by atoms with van der Waals surface area (Å²) in [5, 5.41) is 11.5. The summed E-state index contributed by atoms with van der Waals surface area (Å²) in [5.41, 5.74) is 0.298. The van der Waals surface area contributed by atoms with E-state index in [1.54, 1.807) is 29.5 Å². The minimum atomic E-state index is -0.211. The lowest BCUT2D eigenvalue weighted by Gasteiger charge is -2.00. The molecule has 0 radical (unpaired) electrons. The van der Waals surface area contributed by atoms with E-state index in [-0.39, 0.29) is 11.5 Å². The molecule has 0 atom stereocenters. The molecule has 1 aromatic carbocycles. The van der Waals surface area contributed by atoms with Crippen molar-refractivity contribution >= 4 is 39.1 Å². The van der Waals surface area contributed by atoms with Crippen LogP contribution in [0.2, 0.25) is 0 Å². The van der Waals surface area contributed by atoms with E-state index in [4.69, 9.17) is 0 Å². The van der Waals surface area contributed by atoms with Crippen molar-refractivity contribution in [2.75, 3.05) is 0 Å². The van der Waals surface area contributed by atoms with Gasteiger partial charge in [0.25, 0.3) is 0 Å². The molecule has 86 valence electrons. The Labute approximate surface area is 111 Å². The Morgan fingerprint density at radius 3 is 2.88 bits per heavy atom. The smallest absolute Gasteiger partial charge is 0.189 e. The van der Waals surface area contributed by atoms with E-state index < -0.39 is 0 Å². The molecule has 17 heavy (non-hydrogen) atoms. The maximum atomic E-state index is 11.8. The molecule has 2 aromatic rings. The number of phenols is 1. The lowest BCUT2D eigenvalue weighted by molar-refractivity contribution is 0.104. The van der Waals surface area contributed by atoms with Crippen LogP contribution in [0, 0.1) is 0 Å². The van der Waals surface area contributed by atoms with E-state index in [2.05, 4.69) is 15.9 Å². The fourth-order valence-electron chi connectivity index (χ4n) is 1.34. The monoisotopic (exact) mass is 308 g/mol. The SMILES string of the molecule is O=C(/C=C/c1cccs1)c1cc(Br)ccc1O. The summed E-state index contributed by atoms with van der Waals surface area (Å²) in [6, 6.07) is 8.64. The number of carbonyl (C=O) groups excluding carboxylic acids is 1. The Hall–Kier alpha value is -1.39. The first kappa shape index (κ1) is 12.1. The van der Waals surface area contributed by atoms with Gasteiger partial charge in [0.1, 0.15) is 5.75 Å². The molecule has 0 saturated carbocycles. The van der Waals surface area contributed by atoms with Crippen molar-refractivity contribution in [3.8, 4) is 5.75 Å². The Balaban J connectivity index is 2.23. The predicted octanol–water partition coefficient (Wildman–Crippen LogP) is 4.11. The number of hydrogen-bond donors (Lipinski definition) is 1. The van der Waals surface area contributed by atoms with Gasteiger partial charge in [-0.3, -0.25) is 4.79 Å². The fourth-order valence-corrected chi connectivity index (χ4v) is 2.32. The quantitative estimate of drug-likeness (QED) is 0.684. The van der Waals surface area contributed by atoms with Gasteiger partial charge in [0.15, 0.2) is 5.78 Å². The molecule has 1 heterocycles.